The molecule has 0 radical (unpaired) electrons. The summed E-state index contributed by atoms with van der Waals surface area (Å²) in [6, 6.07) is 13.2. The predicted octanol–water partition coefficient (Wildman–Crippen LogP) is 3.20. The van der Waals surface area contributed by atoms with Crippen molar-refractivity contribution in [1.82, 2.24) is 14.9 Å². The molecule has 4 atom stereocenters. The van der Waals surface area contributed by atoms with E-state index in [1.54, 1.807) is 0 Å². The van der Waals surface area contributed by atoms with Gasteiger partial charge in [0.2, 0.25) is 0 Å². The first-order valence-electron chi connectivity index (χ1n) is 9.38. The van der Waals surface area contributed by atoms with E-state index in [-0.39, 0.29) is 15.8 Å². The number of fused-ring (bicyclic) bond motifs is 3. The molecule has 1 N–H and O–H groups in total. The fraction of sp³-hybridized carbons (Fsp3) is 0.381. The molecule has 3 nitrogen and oxygen atoms in total. The Morgan fingerprint density at radius 3 is 3.00 bits per heavy atom. The first-order chi connectivity index (χ1) is 12.3. The molecule has 2 fully saturated rings. The van der Waals surface area contributed by atoms with E-state index < -0.39 is 0 Å². The molecule has 4 heterocycles. The van der Waals surface area contributed by atoms with Gasteiger partial charge in [-0.25, -0.2) is 0 Å². The van der Waals surface area contributed by atoms with E-state index in [2.05, 4.69) is 52.5 Å². The van der Waals surface area contributed by atoms with Crippen molar-refractivity contribution >= 4 is 31.0 Å². The molecule has 4 unspecified atom stereocenters. The van der Waals surface area contributed by atoms with Gasteiger partial charge in [0, 0.05) is 0 Å². The van der Waals surface area contributed by atoms with Gasteiger partial charge in [0.1, 0.15) is 0 Å². The average molecular weight is 393 g/mol. The minimum absolute atomic E-state index is 0.0776. The monoisotopic (exact) mass is 393 g/mol. The molecule has 2 saturated heterocycles. The molecule has 2 aliphatic heterocycles. The molecule has 4 heteroatoms. The number of aromatic nitrogens is 2. The summed E-state index contributed by atoms with van der Waals surface area (Å²) in [7, 11) is 0. The van der Waals surface area contributed by atoms with E-state index in [0.29, 0.717) is 0 Å². The SMILES string of the molecule is c1cc2cc(-c3ccc([AsH]C4CCN5CCCC4C5)cn3)ccc2[nH]1. The second kappa shape index (κ2) is 6.62. The van der Waals surface area contributed by atoms with Crippen molar-refractivity contribution in [2.45, 2.75) is 24.0 Å². The first kappa shape index (κ1) is 15.7. The van der Waals surface area contributed by atoms with Crippen molar-refractivity contribution in [1.29, 1.82) is 0 Å². The number of pyridine rings is 1. The molecule has 25 heavy (non-hydrogen) atoms. The second-order valence-corrected chi connectivity index (χ2v) is 10.8. The number of aromatic amines is 1. The Balaban J connectivity index is 1.32. The van der Waals surface area contributed by atoms with Gasteiger partial charge in [0.15, 0.2) is 0 Å². The van der Waals surface area contributed by atoms with E-state index in [1.165, 1.54) is 59.7 Å². The number of hydrogen-bond acceptors (Lipinski definition) is 2. The number of nitrogens with zero attached hydrogens (tertiary/aromatic N) is 2. The van der Waals surface area contributed by atoms with Crippen LogP contribution in [0.3, 0.4) is 0 Å². The van der Waals surface area contributed by atoms with E-state index in [9.17, 15) is 0 Å². The Morgan fingerprint density at radius 2 is 2.08 bits per heavy atom. The third kappa shape index (κ3) is 3.16. The number of H-pyrrole nitrogens is 1. The van der Waals surface area contributed by atoms with Gasteiger partial charge in [-0.1, -0.05) is 0 Å². The maximum atomic E-state index is 4.80. The number of benzene rings is 1. The Labute approximate surface area is 155 Å². The standard InChI is InChI=1S/C21H24AsN3/c1-2-17-14-25(10-1)11-8-19(17)22-18-4-6-21(24-13-18)15-3-5-20-16(12-15)7-9-23-20/h3-7,9,12-13,17,19,22-23H,1-2,8,10-11,14H2. The van der Waals surface area contributed by atoms with Crippen LogP contribution in [0.2, 0.25) is 4.71 Å². The zero-order valence-electron chi connectivity index (χ0n) is 14.4. The second-order valence-electron chi connectivity index (χ2n) is 7.45. The summed E-state index contributed by atoms with van der Waals surface area (Å²) >= 11 is -0.0776. The van der Waals surface area contributed by atoms with Crippen LogP contribution in [0.5, 0.6) is 0 Å². The fourth-order valence-electron chi connectivity index (χ4n) is 4.45. The zero-order valence-corrected chi connectivity index (χ0v) is 16.5. The molecule has 2 aromatic heterocycles. The Morgan fingerprint density at radius 1 is 1.08 bits per heavy atom. The summed E-state index contributed by atoms with van der Waals surface area (Å²) in [5.74, 6) is 0.957. The molecule has 5 rings (SSSR count). The fourth-order valence-corrected chi connectivity index (χ4v) is 7.65. The van der Waals surface area contributed by atoms with Crippen LogP contribution in [0.4, 0.5) is 0 Å². The van der Waals surface area contributed by atoms with E-state index in [4.69, 9.17) is 4.98 Å². The van der Waals surface area contributed by atoms with E-state index >= 15 is 0 Å². The van der Waals surface area contributed by atoms with Crippen LogP contribution in [0.25, 0.3) is 22.2 Å². The summed E-state index contributed by atoms with van der Waals surface area (Å²) in [6.45, 7) is 4.02. The van der Waals surface area contributed by atoms with Crippen LogP contribution in [0.15, 0.2) is 48.8 Å². The van der Waals surface area contributed by atoms with Gasteiger partial charge in [-0.05, 0) is 0 Å². The van der Waals surface area contributed by atoms with Crippen LogP contribution in [0.1, 0.15) is 19.3 Å². The van der Waals surface area contributed by atoms with Crippen LogP contribution >= 0.6 is 0 Å². The zero-order chi connectivity index (χ0) is 16.6. The van der Waals surface area contributed by atoms with Gasteiger partial charge in [0.05, 0.1) is 0 Å². The van der Waals surface area contributed by atoms with Crippen LogP contribution in [0, 0.1) is 5.92 Å². The van der Waals surface area contributed by atoms with Crippen molar-refractivity contribution in [2.75, 3.05) is 19.6 Å². The first-order valence-corrected chi connectivity index (χ1v) is 11.6. The predicted molar refractivity (Wildman–Crippen MR) is 106 cm³/mol. The summed E-state index contributed by atoms with van der Waals surface area (Å²) in [5, 5.41) is 1.25. The molecule has 3 aromatic rings. The van der Waals surface area contributed by atoms with Crippen molar-refractivity contribution in [3.63, 3.8) is 0 Å². The van der Waals surface area contributed by atoms with Crippen LogP contribution in [-0.2, 0) is 0 Å². The molecular formula is C21H24AsN3. The maximum absolute atomic E-state index is 4.80. The Bertz CT molecular complexity index is 870. The van der Waals surface area contributed by atoms with E-state index in [0.717, 1.165) is 16.3 Å². The molecule has 128 valence electrons. The Kier molecular flexibility index (Phi) is 4.15. The molecule has 0 spiro atoms. The summed E-state index contributed by atoms with van der Waals surface area (Å²) in [4.78, 5) is 10.7. The van der Waals surface area contributed by atoms with Crippen molar-refractivity contribution in [3.05, 3.63) is 48.8 Å². The van der Waals surface area contributed by atoms with Crippen LogP contribution < -0.4 is 4.35 Å². The number of piperidine rings is 2. The average Bonchev–Trinajstić information content (AvgIpc) is 3.13. The molecular weight excluding hydrogens is 369 g/mol. The van der Waals surface area contributed by atoms with Gasteiger partial charge in [-0.3, -0.25) is 0 Å². The van der Waals surface area contributed by atoms with Gasteiger partial charge in [-0.15, -0.1) is 0 Å². The molecule has 2 aliphatic rings. The van der Waals surface area contributed by atoms with Gasteiger partial charge < -0.3 is 0 Å². The number of nitrogens with one attached hydrogen (secondary N) is 1. The molecule has 0 saturated carbocycles. The van der Waals surface area contributed by atoms with Gasteiger partial charge in [0.25, 0.3) is 0 Å². The molecule has 0 amide bonds. The van der Waals surface area contributed by atoms with Crippen molar-refractivity contribution in [2.24, 2.45) is 5.92 Å². The normalized spacial score (nSPS) is 26.5. The number of hydrogen-bond donors (Lipinski definition) is 1. The third-order valence-electron chi connectivity index (χ3n) is 5.83. The Hall–Kier alpha value is -1.57. The minimum atomic E-state index is -0.0776. The van der Waals surface area contributed by atoms with Crippen molar-refractivity contribution < 1.29 is 0 Å². The quantitative estimate of drug-likeness (QED) is 0.694. The van der Waals surface area contributed by atoms with Gasteiger partial charge in [-0.2, -0.15) is 0 Å². The number of rotatable bonds is 3. The van der Waals surface area contributed by atoms with E-state index in [1.807, 2.05) is 6.20 Å². The third-order valence-corrected chi connectivity index (χ3v) is 9.52. The van der Waals surface area contributed by atoms with Gasteiger partial charge >= 0.3 is 155 Å². The van der Waals surface area contributed by atoms with Crippen LogP contribution in [-0.4, -0.2) is 50.3 Å². The molecule has 2 bridgehead atoms. The molecule has 1 aromatic carbocycles. The molecule has 0 aliphatic carbocycles. The summed E-state index contributed by atoms with van der Waals surface area (Å²) < 4.78 is 2.50. The summed E-state index contributed by atoms with van der Waals surface area (Å²) in [5.41, 5.74) is 3.48. The van der Waals surface area contributed by atoms with Crippen molar-refractivity contribution in [3.8, 4) is 11.3 Å². The topological polar surface area (TPSA) is 31.9 Å². The summed E-state index contributed by atoms with van der Waals surface area (Å²) in [6.07, 6.45) is 8.42.